The molecule has 0 fully saturated rings. The molecule has 4 heteroatoms. The number of aryl methyl sites for hydroxylation is 1. The van der Waals surface area contributed by atoms with E-state index in [-0.39, 0.29) is 0 Å². The lowest BCUT2D eigenvalue weighted by molar-refractivity contribution is 0.307. The summed E-state index contributed by atoms with van der Waals surface area (Å²) in [6.45, 7) is 3.47. The number of hydrogen-bond donors (Lipinski definition) is 0. The zero-order valence-corrected chi connectivity index (χ0v) is 15.3. The second-order valence-corrected chi connectivity index (χ2v) is 6.52. The van der Waals surface area contributed by atoms with Crippen molar-refractivity contribution in [3.05, 3.63) is 83.4 Å². The highest BCUT2D eigenvalue weighted by molar-refractivity contribution is 6.30. The van der Waals surface area contributed by atoms with E-state index in [0.29, 0.717) is 6.61 Å². The van der Waals surface area contributed by atoms with Gasteiger partial charge in [0, 0.05) is 11.6 Å². The summed E-state index contributed by atoms with van der Waals surface area (Å²) in [6, 6.07) is 24.0. The minimum atomic E-state index is 0.487. The molecule has 0 N–H and O–H groups in total. The van der Waals surface area contributed by atoms with E-state index in [1.165, 1.54) is 0 Å². The molecule has 130 valence electrons. The summed E-state index contributed by atoms with van der Waals surface area (Å²) in [5.41, 5.74) is 4.21. The van der Waals surface area contributed by atoms with Crippen molar-refractivity contribution in [2.24, 2.45) is 0 Å². The fourth-order valence-corrected chi connectivity index (χ4v) is 3.25. The standard InChI is InChI=1S/C22H19ClN2O/c1-2-25-20-9-5-4-8-19(20)24-22(25)18-7-3-6-10-21(18)26-15-16-11-13-17(23)14-12-16/h3-14H,2,15H2,1H3. The molecule has 3 nitrogen and oxygen atoms in total. The third-order valence-corrected chi connectivity index (χ3v) is 4.66. The molecular weight excluding hydrogens is 344 g/mol. The molecule has 1 aromatic heterocycles. The van der Waals surface area contributed by atoms with Gasteiger partial charge in [-0.1, -0.05) is 48.0 Å². The van der Waals surface area contributed by atoms with Gasteiger partial charge in [0.15, 0.2) is 0 Å². The van der Waals surface area contributed by atoms with Gasteiger partial charge in [0.1, 0.15) is 18.2 Å². The number of benzene rings is 3. The zero-order chi connectivity index (χ0) is 17.9. The second kappa shape index (κ2) is 7.22. The predicted octanol–water partition coefficient (Wildman–Crippen LogP) is 5.96. The van der Waals surface area contributed by atoms with Crippen molar-refractivity contribution < 1.29 is 4.74 Å². The molecular formula is C22H19ClN2O. The number of ether oxygens (including phenoxy) is 1. The first-order chi connectivity index (χ1) is 12.8. The number of halogens is 1. The fourth-order valence-electron chi connectivity index (χ4n) is 3.12. The van der Waals surface area contributed by atoms with Gasteiger partial charge in [-0.3, -0.25) is 0 Å². The number of hydrogen-bond acceptors (Lipinski definition) is 2. The van der Waals surface area contributed by atoms with E-state index >= 15 is 0 Å². The quantitative estimate of drug-likeness (QED) is 0.438. The molecule has 0 spiro atoms. The van der Waals surface area contributed by atoms with E-state index in [0.717, 1.165) is 45.3 Å². The minimum Gasteiger partial charge on any atom is -0.488 e. The van der Waals surface area contributed by atoms with Crippen LogP contribution in [0.4, 0.5) is 0 Å². The average molecular weight is 363 g/mol. The highest BCUT2D eigenvalue weighted by Crippen LogP contribution is 2.32. The molecule has 0 radical (unpaired) electrons. The molecule has 0 saturated carbocycles. The number of aromatic nitrogens is 2. The van der Waals surface area contributed by atoms with Crippen LogP contribution in [0, 0.1) is 0 Å². The van der Waals surface area contributed by atoms with Gasteiger partial charge in [-0.05, 0) is 48.9 Å². The van der Waals surface area contributed by atoms with Gasteiger partial charge in [0.05, 0.1) is 16.6 Å². The maximum Gasteiger partial charge on any atom is 0.144 e. The van der Waals surface area contributed by atoms with Crippen LogP contribution in [0.1, 0.15) is 12.5 Å². The highest BCUT2D eigenvalue weighted by atomic mass is 35.5. The Kier molecular flexibility index (Phi) is 4.63. The second-order valence-electron chi connectivity index (χ2n) is 6.08. The summed E-state index contributed by atoms with van der Waals surface area (Å²) in [7, 11) is 0. The normalized spacial score (nSPS) is 11.0. The minimum absolute atomic E-state index is 0.487. The third-order valence-electron chi connectivity index (χ3n) is 4.41. The summed E-state index contributed by atoms with van der Waals surface area (Å²) in [6.07, 6.45) is 0. The van der Waals surface area contributed by atoms with Crippen LogP contribution < -0.4 is 4.74 Å². The number of para-hydroxylation sites is 3. The van der Waals surface area contributed by atoms with Crippen LogP contribution >= 0.6 is 11.6 Å². The summed E-state index contributed by atoms with van der Waals surface area (Å²) in [5.74, 6) is 1.76. The Morgan fingerprint density at radius 2 is 1.65 bits per heavy atom. The maximum absolute atomic E-state index is 6.12. The fraction of sp³-hybridized carbons (Fsp3) is 0.136. The Hall–Kier alpha value is -2.78. The van der Waals surface area contributed by atoms with E-state index in [4.69, 9.17) is 21.3 Å². The van der Waals surface area contributed by atoms with E-state index in [1.807, 2.05) is 60.7 Å². The Labute approximate surface area is 157 Å². The Morgan fingerprint density at radius 3 is 2.46 bits per heavy atom. The molecule has 0 aliphatic heterocycles. The van der Waals surface area contributed by atoms with Crippen molar-refractivity contribution in [1.29, 1.82) is 0 Å². The van der Waals surface area contributed by atoms with Crippen LogP contribution in [0.3, 0.4) is 0 Å². The summed E-state index contributed by atoms with van der Waals surface area (Å²) in [4.78, 5) is 4.85. The number of nitrogens with zero attached hydrogens (tertiary/aromatic N) is 2. The maximum atomic E-state index is 6.12. The third kappa shape index (κ3) is 3.18. The highest BCUT2D eigenvalue weighted by Gasteiger charge is 2.15. The molecule has 26 heavy (non-hydrogen) atoms. The summed E-state index contributed by atoms with van der Waals surface area (Å²) in [5, 5.41) is 0.728. The molecule has 0 aliphatic carbocycles. The largest absolute Gasteiger partial charge is 0.488 e. The van der Waals surface area contributed by atoms with Crippen molar-refractivity contribution in [3.63, 3.8) is 0 Å². The molecule has 0 bridgehead atoms. The SMILES string of the molecule is CCn1c(-c2ccccc2OCc2ccc(Cl)cc2)nc2ccccc21. The summed E-state index contributed by atoms with van der Waals surface area (Å²) >= 11 is 5.95. The first kappa shape index (κ1) is 16.7. The van der Waals surface area contributed by atoms with Crippen molar-refractivity contribution in [2.45, 2.75) is 20.1 Å². The monoisotopic (exact) mass is 362 g/mol. The first-order valence-electron chi connectivity index (χ1n) is 8.68. The van der Waals surface area contributed by atoms with E-state index in [9.17, 15) is 0 Å². The number of imidazole rings is 1. The van der Waals surface area contributed by atoms with Gasteiger partial charge in [-0.2, -0.15) is 0 Å². The van der Waals surface area contributed by atoms with Crippen molar-refractivity contribution in [1.82, 2.24) is 9.55 Å². The van der Waals surface area contributed by atoms with Gasteiger partial charge in [-0.15, -0.1) is 0 Å². The van der Waals surface area contributed by atoms with Gasteiger partial charge < -0.3 is 9.30 Å². The topological polar surface area (TPSA) is 27.1 Å². The lowest BCUT2D eigenvalue weighted by Crippen LogP contribution is -2.01. The van der Waals surface area contributed by atoms with Crippen LogP contribution in [0.5, 0.6) is 5.75 Å². The predicted molar refractivity (Wildman–Crippen MR) is 107 cm³/mol. The molecule has 4 aromatic rings. The molecule has 1 heterocycles. The molecule has 3 aromatic carbocycles. The van der Waals surface area contributed by atoms with Gasteiger partial charge in [0.2, 0.25) is 0 Å². The van der Waals surface area contributed by atoms with E-state index in [1.54, 1.807) is 0 Å². The van der Waals surface area contributed by atoms with Crippen LogP contribution in [0.25, 0.3) is 22.4 Å². The Balaban J connectivity index is 1.71. The van der Waals surface area contributed by atoms with Crippen LogP contribution in [0.2, 0.25) is 5.02 Å². The van der Waals surface area contributed by atoms with Gasteiger partial charge >= 0.3 is 0 Å². The van der Waals surface area contributed by atoms with Crippen LogP contribution in [-0.2, 0) is 13.2 Å². The summed E-state index contributed by atoms with van der Waals surface area (Å²) < 4.78 is 8.34. The van der Waals surface area contributed by atoms with Crippen LogP contribution in [0.15, 0.2) is 72.8 Å². The average Bonchev–Trinajstić information content (AvgIpc) is 3.06. The van der Waals surface area contributed by atoms with Crippen molar-refractivity contribution in [3.8, 4) is 17.1 Å². The van der Waals surface area contributed by atoms with Crippen LogP contribution in [-0.4, -0.2) is 9.55 Å². The van der Waals surface area contributed by atoms with Gasteiger partial charge in [-0.25, -0.2) is 4.98 Å². The van der Waals surface area contributed by atoms with E-state index < -0.39 is 0 Å². The Bertz CT molecular complexity index is 1040. The Morgan fingerprint density at radius 1 is 0.923 bits per heavy atom. The number of fused-ring (bicyclic) bond motifs is 1. The molecule has 4 rings (SSSR count). The van der Waals surface area contributed by atoms with Gasteiger partial charge in [0.25, 0.3) is 0 Å². The molecule has 0 atom stereocenters. The molecule has 0 aliphatic rings. The number of rotatable bonds is 5. The molecule has 0 saturated heterocycles. The smallest absolute Gasteiger partial charge is 0.144 e. The zero-order valence-electron chi connectivity index (χ0n) is 14.5. The lowest BCUT2D eigenvalue weighted by Gasteiger charge is -2.12. The lowest BCUT2D eigenvalue weighted by atomic mass is 10.2. The first-order valence-corrected chi connectivity index (χ1v) is 9.06. The molecule has 0 unspecified atom stereocenters. The van der Waals surface area contributed by atoms with E-state index in [2.05, 4.69) is 23.6 Å². The molecule has 0 amide bonds. The van der Waals surface area contributed by atoms with Crippen molar-refractivity contribution in [2.75, 3.05) is 0 Å². The van der Waals surface area contributed by atoms with Crippen molar-refractivity contribution >= 4 is 22.6 Å².